The molecule has 0 bridgehead atoms. The maximum Gasteiger partial charge on any atom is 0.309 e. The molecule has 3 heterocycles. The summed E-state index contributed by atoms with van der Waals surface area (Å²) in [6.07, 6.45) is 1.65. The molecule has 0 saturated carbocycles. The van der Waals surface area contributed by atoms with Crippen LogP contribution < -0.4 is 16.2 Å². The highest BCUT2D eigenvalue weighted by atomic mass is 35.5. The lowest BCUT2D eigenvalue weighted by molar-refractivity contribution is -0.136. The van der Waals surface area contributed by atoms with Gasteiger partial charge in [-0.3, -0.25) is 9.59 Å². The van der Waals surface area contributed by atoms with E-state index in [9.17, 15) is 14.7 Å². The lowest BCUT2D eigenvalue weighted by Crippen LogP contribution is -2.44. The number of benzene rings is 1. The van der Waals surface area contributed by atoms with Crippen molar-refractivity contribution in [1.29, 1.82) is 0 Å². The fourth-order valence-electron chi connectivity index (χ4n) is 4.03. The van der Waals surface area contributed by atoms with Gasteiger partial charge in [0.15, 0.2) is 0 Å². The van der Waals surface area contributed by atoms with E-state index in [-0.39, 0.29) is 18.0 Å². The number of carboxylic acids is 1. The standard InChI is InChI=1S/C21H24ClN5O3/c1-25-15(10-18(28)29)9-17-19(20(25)30)27(11-13-5-2-3-7-16(13)22)21(24-17)26-8-4-6-14(23)12-26/h2-3,5,7,9,14H,4,6,8,10-12,23H2,1H3,(H,28,29)/t14-/m1/s1. The number of anilines is 1. The summed E-state index contributed by atoms with van der Waals surface area (Å²) in [6.45, 7) is 1.82. The summed E-state index contributed by atoms with van der Waals surface area (Å²) < 4.78 is 3.26. The van der Waals surface area contributed by atoms with Crippen molar-refractivity contribution in [2.45, 2.75) is 31.8 Å². The number of piperidine rings is 1. The second-order valence-electron chi connectivity index (χ2n) is 7.74. The van der Waals surface area contributed by atoms with Crippen molar-refractivity contribution in [2.75, 3.05) is 18.0 Å². The highest BCUT2D eigenvalue weighted by molar-refractivity contribution is 6.31. The van der Waals surface area contributed by atoms with E-state index in [0.717, 1.165) is 24.9 Å². The van der Waals surface area contributed by atoms with Gasteiger partial charge in [0, 0.05) is 36.9 Å². The van der Waals surface area contributed by atoms with Gasteiger partial charge < -0.3 is 24.9 Å². The predicted octanol–water partition coefficient (Wildman–Crippen LogP) is 1.99. The number of hydrogen-bond donors (Lipinski definition) is 2. The zero-order chi connectivity index (χ0) is 21.4. The number of hydrogen-bond acceptors (Lipinski definition) is 5. The third kappa shape index (κ3) is 3.80. The summed E-state index contributed by atoms with van der Waals surface area (Å²) in [4.78, 5) is 31.3. The fraction of sp³-hybridized carbons (Fsp3) is 0.381. The molecule has 2 aromatic heterocycles. The Morgan fingerprint density at radius 1 is 1.37 bits per heavy atom. The van der Waals surface area contributed by atoms with E-state index >= 15 is 0 Å². The van der Waals surface area contributed by atoms with Crippen LogP contribution in [-0.4, -0.2) is 44.3 Å². The van der Waals surface area contributed by atoms with Crippen molar-refractivity contribution in [3.05, 3.63) is 57.0 Å². The number of pyridine rings is 1. The van der Waals surface area contributed by atoms with Crippen LogP contribution in [0.1, 0.15) is 24.1 Å². The number of rotatable bonds is 5. The molecule has 8 nitrogen and oxygen atoms in total. The zero-order valence-corrected chi connectivity index (χ0v) is 17.5. The molecule has 158 valence electrons. The number of fused-ring (bicyclic) bond motifs is 1. The van der Waals surface area contributed by atoms with Crippen molar-refractivity contribution in [3.63, 3.8) is 0 Å². The van der Waals surface area contributed by atoms with Gasteiger partial charge in [-0.2, -0.15) is 0 Å². The van der Waals surface area contributed by atoms with E-state index in [4.69, 9.17) is 22.3 Å². The molecule has 0 unspecified atom stereocenters. The number of aromatic nitrogens is 3. The average Bonchev–Trinajstić information content (AvgIpc) is 3.05. The summed E-state index contributed by atoms with van der Waals surface area (Å²) in [5, 5.41) is 9.81. The van der Waals surface area contributed by atoms with Gasteiger partial charge in [0.2, 0.25) is 5.95 Å². The molecule has 3 aromatic rings. The normalized spacial score (nSPS) is 16.9. The smallest absolute Gasteiger partial charge is 0.309 e. The number of imidazole rings is 1. The molecule has 1 fully saturated rings. The van der Waals surface area contributed by atoms with E-state index in [0.29, 0.717) is 40.8 Å². The van der Waals surface area contributed by atoms with Crippen LogP contribution in [0.15, 0.2) is 35.1 Å². The third-order valence-corrected chi connectivity index (χ3v) is 5.94. The van der Waals surface area contributed by atoms with Gasteiger partial charge >= 0.3 is 5.97 Å². The van der Waals surface area contributed by atoms with Crippen molar-refractivity contribution in [3.8, 4) is 0 Å². The lowest BCUT2D eigenvalue weighted by Gasteiger charge is -2.32. The summed E-state index contributed by atoms with van der Waals surface area (Å²) in [6, 6.07) is 9.22. The summed E-state index contributed by atoms with van der Waals surface area (Å²) in [7, 11) is 1.59. The monoisotopic (exact) mass is 429 g/mol. The van der Waals surface area contributed by atoms with Crippen molar-refractivity contribution < 1.29 is 9.90 Å². The van der Waals surface area contributed by atoms with E-state index < -0.39 is 5.97 Å². The van der Waals surface area contributed by atoms with Crippen molar-refractivity contribution in [2.24, 2.45) is 12.8 Å². The first-order chi connectivity index (χ1) is 14.3. The molecular formula is C21H24ClN5O3. The second kappa shape index (κ2) is 8.12. The Morgan fingerprint density at radius 2 is 2.13 bits per heavy atom. The van der Waals surface area contributed by atoms with Crippen LogP contribution in [0.3, 0.4) is 0 Å². The molecule has 1 saturated heterocycles. The molecule has 0 spiro atoms. The largest absolute Gasteiger partial charge is 0.481 e. The first-order valence-corrected chi connectivity index (χ1v) is 10.3. The molecule has 1 aliphatic heterocycles. The van der Waals surface area contributed by atoms with Gasteiger partial charge in [0.05, 0.1) is 18.5 Å². The fourth-order valence-corrected chi connectivity index (χ4v) is 4.23. The molecule has 4 rings (SSSR count). The van der Waals surface area contributed by atoms with Gasteiger partial charge in [0.25, 0.3) is 5.56 Å². The zero-order valence-electron chi connectivity index (χ0n) is 16.7. The summed E-state index contributed by atoms with van der Waals surface area (Å²) in [5.41, 5.74) is 8.10. The number of carboxylic acid groups (broad SMARTS) is 1. The molecule has 0 aliphatic carbocycles. The van der Waals surface area contributed by atoms with E-state index in [1.54, 1.807) is 13.1 Å². The Morgan fingerprint density at radius 3 is 2.83 bits per heavy atom. The highest BCUT2D eigenvalue weighted by Crippen LogP contribution is 2.27. The minimum Gasteiger partial charge on any atom is -0.481 e. The second-order valence-corrected chi connectivity index (χ2v) is 8.15. The van der Waals surface area contributed by atoms with Crippen LogP contribution in [0.25, 0.3) is 11.0 Å². The van der Waals surface area contributed by atoms with Crippen LogP contribution in [0, 0.1) is 0 Å². The molecular weight excluding hydrogens is 406 g/mol. The number of halogens is 1. The van der Waals surface area contributed by atoms with E-state index in [1.165, 1.54) is 4.57 Å². The maximum atomic E-state index is 13.2. The SMILES string of the molecule is Cn1c(CC(=O)O)cc2nc(N3CCC[C@@H](N)C3)n(Cc3ccccc3Cl)c2c1=O. The molecule has 3 N–H and O–H groups in total. The number of nitrogens with zero attached hydrogens (tertiary/aromatic N) is 4. The van der Waals surface area contributed by atoms with Gasteiger partial charge in [-0.15, -0.1) is 0 Å². The molecule has 0 radical (unpaired) electrons. The van der Waals surface area contributed by atoms with Crippen molar-refractivity contribution >= 4 is 34.6 Å². The Bertz CT molecular complexity index is 1170. The Hall–Kier alpha value is -2.84. The van der Waals surface area contributed by atoms with Gasteiger partial charge in [0.1, 0.15) is 5.52 Å². The van der Waals surface area contributed by atoms with Crippen LogP contribution in [-0.2, 0) is 24.8 Å². The van der Waals surface area contributed by atoms with E-state index in [2.05, 4.69) is 4.90 Å². The minimum atomic E-state index is -0.998. The summed E-state index contributed by atoms with van der Waals surface area (Å²) >= 11 is 6.39. The lowest BCUT2D eigenvalue weighted by atomic mass is 10.1. The average molecular weight is 430 g/mol. The molecule has 9 heteroatoms. The molecule has 30 heavy (non-hydrogen) atoms. The molecule has 1 aromatic carbocycles. The van der Waals surface area contributed by atoms with Gasteiger partial charge in [-0.05, 0) is 30.5 Å². The topological polar surface area (TPSA) is 106 Å². The van der Waals surface area contributed by atoms with Gasteiger partial charge in [-0.25, -0.2) is 4.98 Å². The van der Waals surface area contributed by atoms with Crippen LogP contribution in [0.5, 0.6) is 0 Å². The molecule has 1 atom stereocenters. The van der Waals surface area contributed by atoms with E-state index in [1.807, 2.05) is 28.8 Å². The van der Waals surface area contributed by atoms with Crippen LogP contribution in [0.4, 0.5) is 5.95 Å². The molecule has 0 amide bonds. The number of nitrogens with two attached hydrogens (primary N) is 1. The Labute approximate surface area is 178 Å². The quantitative estimate of drug-likeness (QED) is 0.642. The first kappa shape index (κ1) is 20.4. The highest BCUT2D eigenvalue weighted by Gasteiger charge is 2.25. The Kier molecular flexibility index (Phi) is 5.53. The summed E-state index contributed by atoms with van der Waals surface area (Å²) in [5.74, 6) is -0.341. The number of aliphatic carboxylic acids is 1. The van der Waals surface area contributed by atoms with Crippen LogP contribution >= 0.6 is 11.6 Å². The maximum absolute atomic E-state index is 13.2. The first-order valence-electron chi connectivity index (χ1n) is 9.90. The van der Waals surface area contributed by atoms with Crippen molar-refractivity contribution in [1.82, 2.24) is 14.1 Å². The number of carbonyl (C=O) groups is 1. The predicted molar refractivity (Wildman–Crippen MR) is 116 cm³/mol. The molecule has 1 aliphatic rings. The van der Waals surface area contributed by atoms with Gasteiger partial charge in [-0.1, -0.05) is 29.8 Å². The minimum absolute atomic E-state index is 0.0396. The Balaban J connectivity index is 1.91. The van der Waals surface area contributed by atoms with Crippen LogP contribution in [0.2, 0.25) is 5.02 Å². The third-order valence-electron chi connectivity index (χ3n) is 5.58.